The van der Waals surface area contributed by atoms with Crippen LogP contribution in [0.5, 0.6) is 0 Å². The van der Waals surface area contributed by atoms with Gasteiger partial charge in [0.25, 0.3) is 0 Å². The highest BCUT2D eigenvalue weighted by atomic mass is 16.8. The van der Waals surface area contributed by atoms with Gasteiger partial charge in [0.05, 0.1) is 0 Å². The molecule has 0 amide bonds. The summed E-state index contributed by atoms with van der Waals surface area (Å²) in [5.41, 5.74) is 4.86. The molecular formula is C2H7N3O3. The number of hydroxylamine groups is 1. The van der Waals surface area contributed by atoms with E-state index < -0.39 is 5.03 Å². The first-order valence-electron chi connectivity index (χ1n) is 1.99. The summed E-state index contributed by atoms with van der Waals surface area (Å²) in [5.74, 6) is 0. The van der Waals surface area contributed by atoms with E-state index in [9.17, 15) is 10.1 Å². The molecule has 0 spiro atoms. The van der Waals surface area contributed by atoms with Crippen LogP contribution < -0.4 is 5.73 Å². The van der Waals surface area contributed by atoms with E-state index in [1.54, 1.807) is 0 Å². The Morgan fingerprint density at radius 1 is 1.88 bits per heavy atom. The minimum absolute atomic E-state index is 0.0556. The maximum absolute atomic E-state index is 9.52. The van der Waals surface area contributed by atoms with Crippen LogP contribution in [0.3, 0.4) is 0 Å². The molecule has 0 aliphatic carbocycles. The van der Waals surface area contributed by atoms with Gasteiger partial charge < -0.3 is 5.73 Å². The molecule has 0 aliphatic heterocycles. The summed E-state index contributed by atoms with van der Waals surface area (Å²) in [7, 11) is 0. The van der Waals surface area contributed by atoms with Crippen molar-refractivity contribution in [2.45, 2.75) is 0 Å². The van der Waals surface area contributed by atoms with E-state index in [2.05, 4.69) is 0 Å². The summed E-state index contributed by atoms with van der Waals surface area (Å²) in [4.78, 5) is 9.52. The van der Waals surface area contributed by atoms with Crippen molar-refractivity contribution in [3.63, 3.8) is 0 Å². The Kier molecular flexibility index (Phi) is 2.82. The molecule has 0 atom stereocenters. The van der Waals surface area contributed by atoms with Crippen LogP contribution in [-0.2, 0) is 0 Å². The highest BCUT2D eigenvalue weighted by Gasteiger charge is 2.05. The number of nitrogens with zero attached hydrogens (tertiary/aromatic N) is 2. The second kappa shape index (κ2) is 3.16. The zero-order valence-electron chi connectivity index (χ0n) is 4.15. The summed E-state index contributed by atoms with van der Waals surface area (Å²) in [6.45, 7) is -0.0789. The van der Waals surface area contributed by atoms with Crippen molar-refractivity contribution >= 4 is 0 Å². The molecule has 0 saturated carbocycles. The van der Waals surface area contributed by atoms with Crippen LogP contribution in [0.1, 0.15) is 0 Å². The van der Waals surface area contributed by atoms with Gasteiger partial charge >= 0.3 is 0 Å². The summed E-state index contributed by atoms with van der Waals surface area (Å²) >= 11 is 0. The predicted octanol–water partition coefficient (Wildman–Crippen LogP) is -1.17. The van der Waals surface area contributed by atoms with Crippen molar-refractivity contribution in [3.8, 4) is 0 Å². The molecule has 0 heterocycles. The Labute approximate surface area is 45.6 Å². The van der Waals surface area contributed by atoms with Crippen LogP contribution in [-0.4, -0.2) is 28.5 Å². The summed E-state index contributed by atoms with van der Waals surface area (Å²) in [6.07, 6.45) is 0. The Bertz CT molecular complexity index is 84.6. The minimum atomic E-state index is -0.938. The van der Waals surface area contributed by atoms with Crippen molar-refractivity contribution in [3.05, 3.63) is 10.1 Å². The normalized spacial score (nSPS) is 8.75. The van der Waals surface area contributed by atoms with E-state index in [0.29, 0.717) is 0 Å². The standard InChI is InChI=1S/C2H7N3O3/c3-1-2-4(6)5(7)8/h6H,1-3H2. The number of nitrogens with two attached hydrogens (primary N) is 1. The Morgan fingerprint density at radius 2 is 2.38 bits per heavy atom. The lowest BCUT2D eigenvalue weighted by Gasteiger charge is -2.00. The average Bonchev–Trinajstić information content (AvgIpc) is 1.67. The predicted molar refractivity (Wildman–Crippen MR) is 24.5 cm³/mol. The Morgan fingerprint density at radius 3 is 2.50 bits per heavy atom. The van der Waals surface area contributed by atoms with E-state index in [0.717, 1.165) is 0 Å². The molecule has 48 valence electrons. The molecule has 0 aromatic rings. The number of hydrogen-bond donors (Lipinski definition) is 2. The van der Waals surface area contributed by atoms with Gasteiger partial charge in [0.2, 0.25) is 0 Å². The highest BCUT2D eigenvalue weighted by molar-refractivity contribution is 4.29. The molecule has 6 heteroatoms. The zero-order valence-corrected chi connectivity index (χ0v) is 4.15. The SMILES string of the molecule is NCCN(O)[N+](=O)[O-]. The van der Waals surface area contributed by atoms with Crippen LogP contribution in [0.25, 0.3) is 0 Å². The van der Waals surface area contributed by atoms with Crippen LogP contribution >= 0.6 is 0 Å². The van der Waals surface area contributed by atoms with E-state index >= 15 is 0 Å². The fraction of sp³-hybridized carbons (Fsp3) is 1.00. The molecule has 0 saturated heterocycles. The van der Waals surface area contributed by atoms with Gasteiger partial charge in [0, 0.05) is 11.7 Å². The summed E-state index contributed by atoms with van der Waals surface area (Å²) < 4.78 is 0. The fourth-order valence-corrected chi connectivity index (χ4v) is 0.197. The van der Waals surface area contributed by atoms with Crippen LogP contribution in [0.15, 0.2) is 0 Å². The van der Waals surface area contributed by atoms with E-state index in [-0.39, 0.29) is 18.3 Å². The first-order valence-corrected chi connectivity index (χ1v) is 1.99. The first kappa shape index (κ1) is 7.12. The smallest absolute Gasteiger partial charge is 0.186 e. The third kappa shape index (κ3) is 2.32. The van der Waals surface area contributed by atoms with Crippen molar-refractivity contribution in [1.29, 1.82) is 0 Å². The molecule has 0 aromatic carbocycles. The highest BCUT2D eigenvalue weighted by Crippen LogP contribution is 1.75. The lowest BCUT2D eigenvalue weighted by molar-refractivity contribution is -0.727. The van der Waals surface area contributed by atoms with E-state index in [1.807, 2.05) is 0 Å². The lowest BCUT2D eigenvalue weighted by atomic mass is 10.7. The molecule has 0 rings (SSSR count). The molecule has 0 radical (unpaired) electrons. The topological polar surface area (TPSA) is 92.6 Å². The quantitative estimate of drug-likeness (QED) is 0.362. The molecule has 3 N–H and O–H groups in total. The lowest BCUT2D eigenvalue weighted by Crippen LogP contribution is -2.31. The van der Waals surface area contributed by atoms with Crippen molar-refractivity contribution < 1.29 is 10.2 Å². The third-order valence-corrected chi connectivity index (χ3v) is 0.518. The van der Waals surface area contributed by atoms with Crippen LogP contribution in [0.4, 0.5) is 0 Å². The van der Waals surface area contributed by atoms with Gasteiger partial charge in [-0.25, -0.2) is 15.3 Å². The zero-order chi connectivity index (χ0) is 6.57. The molecule has 0 bridgehead atoms. The monoisotopic (exact) mass is 121 g/mol. The van der Waals surface area contributed by atoms with Gasteiger partial charge in [-0.3, -0.25) is 0 Å². The second-order valence-electron chi connectivity index (χ2n) is 1.12. The molecule has 0 fully saturated rings. The van der Waals surface area contributed by atoms with Gasteiger partial charge in [-0.1, -0.05) is 0 Å². The number of rotatable bonds is 3. The Hall–Kier alpha value is -0.880. The molecule has 6 nitrogen and oxygen atoms in total. The number of nitro groups is 1. The minimum Gasteiger partial charge on any atom is -0.328 e. The summed E-state index contributed by atoms with van der Waals surface area (Å²) in [6, 6.07) is 0. The van der Waals surface area contributed by atoms with Crippen LogP contribution in [0, 0.1) is 10.1 Å². The molecule has 8 heavy (non-hydrogen) atoms. The van der Waals surface area contributed by atoms with Gasteiger partial charge in [0.15, 0.2) is 5.03 Å². The van der Waals surface area contributed by atoms with E-state index in [1.165, 1.54) is 0 Å². The van der Waals surface area contributed by atoms with Gasteiger partial charge in [-0.2, -0.15) is 0 Å². The number of hydrazine groups is 1. The van der Waals surface area contributed by atoms with E-state index in [4.69, 9.17) is 10.9 Å². The molecule has 0 unspecified atom stereocenters. The van der Waals surface area contributed by atoms with Gasteiger partial charge in [-0.15, -0.1) is 0 Å². The maximum Gasteiger partial charge on any atom is 0.186 e. The molecule has 0 aromatic heterocycles. The average molecular weight is 121 g/mol. The second-order valence-corrected chi connectivity index (χ2v) is 1.12. The third-order valence-electron chi connectivity index (χ3n) is 0.518. The van der Waals surface area contributed by atoms with Crippen molar-refractivity contribution in [2.24, 2.45) is 5.73 Å². The first-order chi connectivity index (χ1) is 3.68. The number of hydrogen-bond acceptors (Lipinski definition) is 4. The Balaban J connectivity index is 3.32. The maximum atomic E-state index is 9.52. The summed E-state index contributed by atoms with van der Waals surface area (Å²) in [5, 5.41) is 16.7. The van der Waals surface area contributed by atoms with Crippen molar-refractivity contribution in [1.82, 2.24) is 5.17 Å². The van der Waals surface area contributed by atoms with Crippen LogP contribution in [0.2, 0.25) is 0 Å². The van der Waals surface area contributed by atoms with Gasteiger partial charge in [0.1, 0.15) is 6.54 Å². The largest absolute Gasteiger partial charge is 0.328 e. The van der Waals surface area contributed by atoms with Gasteiger partial charge in [-0.05, 0) is 0 Å². The molecular weight excluding hydrogens is 114 g/mol. The fourth-order valence-electron chi connectivity index (χ4n) is 0.197. The molecule has 0 aliphatic rings. The van der Waals surface area contributed by atoms with Crippen molar-refractivity contribution in [2.75, 3.05) is 13.1 Å².